The molecule has 2 atom stereocenters. The van der Waals surface area contributed by atoms with Gasteiger partial charge in [0.2, 0.25) is 11.8 Å². The molecule has 280 valence electrons. The smallest absolute Gasteiger partial charge is 0.331 e. The van der Waals surface area contributed by atoms with Crippen LogP contribution in [-0.4, -0.2) is 97.9 Å². The molecule has 0 bridgehead atoms. The van der Waals surface area contributed by atoms with Crippen LogP contribution in [0.1, 0.15) is 90.9 Å². The molecule has 0 aliphatic carbocycles. The molecule has 13 nitrogen and oxygen atoms in total. The van der Waals surface area contributed by atoms with E-state index in [9.17, 15) is 28.8 Å². The molecule has 0 aromatic carbocycles. The van der Waals surface area contributed by atoms with E-state index in [4.69, 9.17) is 21.1 Å². The minimum Gasteiger partial charge on any atom is -0.478 e. The number of rotatable bonds is 24. The van der Waals surface area contributed by atoms with Crippen molar-refractivity contribution in [3.05, 3.63) is 23.3 Å². The molecule has 0 rings (SSSR count). The third-order valence-corrected chi connectivity index (χ3v) is 7.64. The number of aliphatic carboxylic acids is 3. The maximum atomic E-state index is 11.6. The summed E-state index contributed by atoms with van der Waals surface area (Å²) in [5, 5.41) is 31.0. The van der Waals surface area contributed by atoms with Crippen LogP contribution in [0.4, 0.5) is 0 Å². The van der Waals surface area contributed by atoms with Gasteiger partial charge >= 0.3 is 17.9 Å². The number of allylic oxidation sites excluding steroid dienone is 1. The molecule has 0 saturated carbocycles. The van der Waals surface area contributed by atoms with Gasteiger partial charge in [-0.15, -0.1) is 0 Å². The zero-order chi connectivity index (χ0) is 36.6. The summed E-state index contributed by atoms with van der Waals surface area (Å²) in [6.45, 7) is 4.11. The van der Waals surface area contributed by atoms with Crippen LogP contribution in [0.15, 0.2) is 23.3 Å². The van der Waals surface area contributed by atoms with Gasteiger partial charge < -0.3 is 37.2 Å². The van der Waals surface area contributed by atoms with Gasteiger partial charge in [0, 0.05) is 66.6 Å². The molecular formula is C31H57N3O10S4. The van der Waals surface area contributed by atoms with E-state index in [0.717, 1.165) is 68.9 Å². The first-order chi connectivity index (χ1) is 22.1. The Bertz CT molecular complexity index is 998. The van der Waals surface area contributed by atoms with Gasteiger partial charge in [0.05, 0.1) is 0 Å². The number of unbranched alkanes of at least 4 members (excludes halogenated alkanes) is 2. The fourth-order valence-corrected chi connectivity index (χ4v) is 5.07. The van der Waals surface area contributed by atoms with Gasteiger partial charge in [0.1, 0.15) is 0 Å². The normalized spacial score (nSPS) is 12.1. The Hall–Kier alpha value is -2.18. The van der Waals surface area contributed by atoms with E-state index in [2.05, 4.69) is 61.1 Å². The second kappa shape index (κ2) is 36.1. The van der Waals surface area contributed by atoms with Gasteiger partial charge in [-0.1, -0.05) is 12.8 Å². The van der Waals surface area contributed by atoms with Crippen LogP contribution in [-0.2, 0) is 28.8 Å². The number of nitrogens with one attached hydrogen (secondary N) is 2. The number of carbonyl (C=O) groups excluding carboxylic acids is 3. The highest BCUT2D eigenvalue weighted by Gasteiger charge is 2.07. The lowest BCUT2D eigenvalue weighted by Gasteiger charge is -2.08. The van der Waals surface area contributed by atoms with Gasteiger partial charge in [0.15, 0.2) is 5.78 Å². The Morgan fingerprint density at radius 3 is 1.42 bits per heavy atom. The van der Waals surface area contributed by atoms with E-state index < -0.39 is 17.9 Å². The largest absolute Gasteiger partial charge is 0.478 e. The molecular weight excluding hydrogens is 703 g/mol. The molecule has 2 amide bonds. The van der Waals surface area contributed by atoms with Crippen molar-refractivity contribution in [2.24, 2.45) is 5.73 Å². The lowest BCUT2D eigenvalue weighted by molar-refractivity contribution is -0.135. The lowest BCUT2D eigenvalue weighted by Crippen LogP contribution is -2.28. The topological polar surface area (TPSA) is 245 Å². The first kappa shape index (κ1) is 52.6. The third kappa shape index (κ3) is 40.0. The van der Waals surface area contributed by atoms with Gasteiger partial charge in [0.25, 0.3) is 0 Å². The summed E-state index contributed by atoms with van der Waals surface area (Å²) in [6, 6.07) is 0. The second-order valence-corrected chi connectivity index (χ2v) is 12.8. The molecule has 0 aromatic rings. The van der Waals surface area contributed by atoms with Crippen LogP contribution in [0.3, 0.4) is 0 Å². The molecule has 9 N–H and O–H groups in total. The monoisotopic (exact) mass is 759 g/mol. The minimum atomic E-state index is -1.24. The number of hydrogen-bond donors (Lipinski definition) is 10. The van der Waals surface area contributed by atoms with Crippen LogP contribution >= 0.6 is 50.5 Å². The van der Waals surface area contributed by atoms with E-state index in [1.165, 1.54) is 13.8 Å². The molecule has 0 fully saturated rings. The Morgan fingerprint density at radius 2 is 1.06 bits per heavy atom. The van der Waals surface area contributed by atoms with Crippen LogP contribution in [0, 0.1) is 0 Å². The zero-order valence-electron chi connectivity index (χ0n) is 28.0. The molecule has 17 heteroatoms. The summed E-state index contributed by atoms with van der Waals surface area (Å²) < 4.78 is 0. The Morgan fingerprint density at radius 1 is 0.646 bits per heavy atom. The molecule has 0 aliphatic rings. The number of ketones is 1. The number of carbonyl (C=O) groups is 6. The van der Waals surface area contributed by atoms with Crippen LogP contribution in [0.2, 0.25) is 0 Å². The maximum absolute atomic E-state index is 11.6. The second-order valence-electron chi connectivity index (χ2n) is 10.5. The highest BCUT2D eigenvalue weighted by atomic mass is 32.1. The standard InChI is InChI=1S/C16H27NO4S2.C10H22N2OS2.C5H6O4.H2O/c1-12(16(20)21)11-13(18)5-4-9-17-15(19)7-3-2-6-14(23)8-10-22;11-6-7-12-10(13)4-2-1-3-9(15)5-8-14;1-3(5(8)9)2-4(6)7;/h11,14,22-23H,2-10H2,1H3,(H,17,19)(H,20,21);9,14-15H,1-8,11H2,(H,12,13);2H,1H3,(H,6,7)(H,8,9);1H2/b12-11+;;3-2+;. The van der Waals surface area contributed by atoms with Crippen molar-refractivity contribution in [1.29, 1.82) is 0 Å². The number of carboxylic acid groups (broad SMARTS) is 3. The summed E-state index contributed by atoms with van der Waals surface area (Å²) in [5.41, 5.74) is 5.12. The Kier molecular flexibility index (Phi) is 39.6. The molecule has 0 aliphatic heterocycles. The van der Waals surface area contributed by atoms with Crippen LogP contribution in [0.5, 0.6) is 0 Å². The quantitative estimate of drug-likeness (QED) is 0.0391. The van der Waals surface area contributed by atoms with Gasteiger partial charge in [-0.3, -0.25) is 14.4 Å². The average molecular weight is 760 g/mol. The zero-order valence-corrected chi connectivity index (χ0v) is 31.6. The number of hydrogen-bond acceptors (Lipinski definition) is 11. The third-order valence-electron chi connectivity index (χ3n) is 6.09. The average Bonchev–Trinajstić information content (AvgIpc) is 2.99. The number of thiol groups is 4. The highest BCUT2D eigenvalue weighted by molar-refractivity contribution is 7.81. The molecule has 0 heterocycles. The number of carboxylic acids is 3. The van der Waals surface area contributed by atoms with Crippen LogP contribution in [0.25, 0.3) is 0 Å². The summed E-state index contributed by atoms with van der Waals surface area (Å²) in [5.74, 6) is -1.98. The van der Waals surface area contributed by atoms with Crippen molar-refractivity contribution in [2.75, 3.05) is 31.1 Å². The Labute approximate surface area is 306 Å². The van der Waals surface area contributed by atoms with E-state index in [1.54, 1.807) is 0 Å². The molecule has 0 radical (unpaired) electrons. The van der Waals surface area contributed by atoms with Crippen molar-refractivity contribution >= 4 is 86.0 Å². The van der Waals surface area contributed by atoms with E-state index >= 15 is 0 Å². The Balaban J connectivity index is -0.000000332. The summed E-state index contributed by atoms with van der Waals surface area (Å²) in [4.78, 5) is 64.5. The highest BCUT2D eigenvalue weighted by Crippen LogP contribution is 2.13. The molecule has 0 spiro atoms. The maximum Gasteiger partial charge on any atom is 0.331 e. The van der Waals surface area contributed by atoms with Crippen molar-refractivity contribution in [3.63, 3.8) is 0 Å². The number of amides is 2. The van der Waals surface area contributed by atoms with Crippen molar-refractivity contribution in [3.8, 4) is 0 Å². The van der Waals surface area contributed by atoms with Crippen molar-refractivity contribution in [1.82, 2.24) is 10.6 Å². The first-order valence-corrected chi connectivity index (χ1v) is 17.8. The number of nitrogens with two attached hydrogens (primary N) is 1. The van der Waals surface area contributed by atoms with E-state index in [0.29, 0.717) is 55.5 Å². The first-order valence-electron chi connectivity index (χ1n) is 15.5. The van der Waals surface area contributed by atoms with E-state index in [-0.39, 0.29) is 40.6 Å². The van der Waals surface area contributed by atoms with Crippen LogP contribution < -0.4 is 16.4 Å². The summed E-state index contributed by atoms with van der Waals surface area (Å²) in [6.07, 6.45) is 11.4. The molecule has 0 aromatic heterocycles. The fourth-order valence-electron chi connectivity index (χ4n) is 3.42. The van der Waals surface area contributed by atoms with E-state index in [1.807, 2.05) is 0 Å². The predicted molar refractivity (Wildman–Crippen MR) is 203 cm³/mol. The van der Waals surface area contributed by atoms with Gasteiger partial charge in [-0.2, -0.15) is 50.5 Å². The summed E-state index contributed by atoms with van der Waals surface area (Å²) >= 11 is 17.2. The molecule has 0 saturated heterocycles. The van der Waals surface area contributed by atoms with Crippen molar-refractivity contribution < 1.29 is 49.6 Å². The van der Waals surface area contributed by atoms with Gasteiger partial charge in [-0.05, 0) is 76.4 Å². The minimum absolute atomic E-state index is 0. The SMILES string of the molecule is C/C(=C\C(=O)CCCNC(=O)CCCCC(S)CCS)C(=O)O.C/C(=C\C(=O)O)C(=O)O.NCCNC(=O)CCCCC(S)CCS.O. The molecule has 48 heavy (non-hydrogen) atoms. The fraction of sp³-hybridized carbons (Fsp3) is 0.677. The summed E-state index contributed by atoms with van der Waals surface area (Å²) in [7, 11) is 0. The van der Waals surface area contributed by atoms with Crippen molar-refractivity contribution in [2.45, 2.75) is 101 Å². The predicted octanol–water partition coefficient (Wildman–Crippen LogP) is 3.18. The lowest BCUT2D eigenvalue weighted by atomic mass is 10.1. The molecule has 2 unspecified atom stereocenters. The van der Waals surface area contributed by atoms with Gasteiger partial charge in [-0.25, -0.2) is 14.4 Å².